The number of hydrogen-bond acceptors (Lipinski definition) is 4. The Morgan fingerprint density at radius 2 is 2.10 bits per heavy atom. The van der Waals surface area contributed by atoms with Gasteiger partial charge in [0, 0.05) is 37.3 Å². The maximum atomic E-state index is 11.7. The van der Waals surface area contributed by atoms with Crippen molar-refractivity contribution in [3.8, 4) is 0 Å². The fourth-order valence-corrected chi connectivity index (χ4v) is 2.53. The van der Waals surface area contributed by atoms with Crippen LogP contribution in [0, 0.1) is 0 Å². The molecular formula is C13H9ClN6O. The molecule has 4 aromatic rings. The third kappa shape index (κ3) is 1.98. The van der Waals surface area contributed by atoms with E-state index in [1.807, 2.05) is 6.07 Å². The minimum Gasteiger partial charge on any atom is -0.314 e. The second-order valence-electron chi connectivity index (χ2n) is 4.59. The number of halogens is 1. The van der Waals surface area contributed by atoms with Gasteiger partial charge in [-0.3, -0.25) is 8.80 Å². The molecule has 0 fully saturated rings. The van der Waals surface area contributed by atoms with Gasteiger partial charge in [0.2, 0.25) is 5.28 Å². The molecule has 0 saturated carbocycles. The van der Waals surface area contributed by atoms with Crippen LogP contribution in [0.5, 0.6) is 0 Å². The molecule has 7 nitrogen and oxygen atoms in total. The molecule has 0 aromatic carbocycles. The van der Waals surface area contributed by atoms with Gasteiger partial charge >= 0.3 is 5.69 Å². The predicted molar refractivity (Wildman–Crippen MR) is 76.6 cm³/mol. The molecule has 0 amide bonds. The summed E-state index contributed by atoms with van der Waals surface area (Å²) in [6.07, 6.45) is 7.15. The summed E-state index contributed by atoms with van der Waals surface area (Å²) in [5.41, 5.74) is 2.60. The molecule has 8 heteroatoms. The molecule has 4 aromatic heterocycles. The van der Waals surface area contributed by atoms with Crippen molar-refractivity contribution in [3.63, 3.8) is 0 Å². The molecule has 4 rings (SSSR count). The van der Waals surface area contributed by atoms with E-state index >= 15 is 0 Å². The van der Waals surface area contributed by atoms with E-state index < -0.39 is 0 Å². The van der Waals surface area contributed by atoms with Gasteiger partial charge in [-0.05, 0) is 17.7 Å². The normalized spacial score (nSPS) is 11.5. The average Bonchev–Trinajstić information content (AvgIpc) is 3.06. The van der Waals surface area contributed by atoms with Crippen LogP contribution in [0.3, 0.4) is 0 Å². The largest absolute Gasteiger partial charge is 0.331 e. The number of H-pyrrole nitrogens is 1. The first-order chi connectivity index (χ1) is 10.2. The van der Waals surface area contributed by atoms with Crippen molar-refractivity contribution < 1.29 is 0 Å². The highest BCUT2D eigenvalue weighted by Crippen LogP contribution is 2.14. The van der Waals surface area contributed by atoms with E-state index in [0.29, 0.717) is 17.4 Å². The fourth-order valence-electron chi connectivity index (χ4n) is 2.28. The molecule has 0 radical (unpaired) electrons. The Labute approximate surface area is 122 Å². The molecule has 0 unspecified atom stereocenters. The smallest absolute Gasteiger partial charge is 0.314 e. The molecule has 0 spiro atoms. The standard InChI is InChI=1S/C13H9ClN6O/c14-12-18-8(6-11-15-3-4-19(11)12)5-9-7-20-10(17-9)1-2-16-13(20)21/h1-4,6-7H,5H2,(H,16,21). The van der Waals surface area contributed by atoms with Gasteiger partial charge in [0.15, 0.2) is 0 Å². The van der Waals surface area contributed by atoms with Crippen molar-refractivity contribution in [1.82, 2.24) is 28.7 Å². The van der Waals surface area contributed by atoms with Gasteiger partial charge in [-0.15, -0.1) is 0 Å². The van der Waals surface area contributed by atoms with Crippen LogP contribution in [0.1, 0.15) is 11.4 Å². The molecule has 0 aliphatic heterocycles. The van der Waals surface area contributed by atoms with E-state index in [2.05, 4.69) is 19.9 Å². The van der Waals surface area contributed by atoms with E-state index in [0.717, 1.165) is 17.0 Å². The van der Waals surface area contributed by atoms with Gasteiger partial charge in [-0.25, -0.2) is 19.7 Å². The Kier molecular flexibility index (Phi) is 2.55. The number of imidazole rings is 2. The zero-order valence-corrected chi connectivity index (χ0v) is 11.4. The van der Waals surface area contributed by atoms with Crippen LogP contribution in [0.15, 0.2) is 41.7 Å². The summed E-state index contributed by atoms with van der Waals surface area (Å²) in [5.74, 6) is 0. The topological polar surface area (TPSA) is 80.3 Å². The number of nitrogens with zero attached hydrogens (tertiary/aromatic N) is 5. The van der Waals surface area contributed by atoms with Gasteiger partial charge in [-0.1, -0.05) is 0 Å². The summed E-state index contributed by atoms with van der Waals surface area (Å²) in [6.45, 7) is 0. The quantitative estimate of drug-likeness (QED) is 0.566. The highest BCUT2D eigenvalue weighted by atomic mass is 35.5. The van der Waals surface area contributed by atoms with Crippen molar-refractivity contribution in [2.45, 2.75) is 6.42 Å². The van der Waals surface area contributed by atoms with E-state index in [-0.39, 0.29) is 5.69 Å². The Bertz CT molecular complexity index is 1010. The lowest BCUT2D eigenvalue weighted by atomic mass is 10.2. The molecule has 0 bridgehead atoms. The minimum absolute atomic E-state index is 0.221. The lowest BCUT2D eigenvalue weighted by Crippen LogP contribution is -2.13. The van der Waals surface area contributed by atoms with Crippen LogP contribution in [0.25, 0.3) is 11.3 Å². The molecule has 0 aliphatic carbocycles. The van der Waals surface area contributed by atoms with Crippen LogP contribution in [0.2, 0.25) is 5.28 Å². The number of aromatic amines is 1. The van der Waals surface area contributed by atoms with Crippen LogP contribution >= 0.6 is 11.6 Å². The molecule has 1 N–H and O–H groups in total. The van der Waals surface area contributed by atoms with Gasteiger partial charge in [-0.2, -0.15) is 0 Å². The number of aromatic nitrogens is 6. The first kappa shape index (κ1) is 12.1. The molecule has 104 valence electrons. The number of hydrogen-bond donors (Lipinski definition) is 1. The highest BCUT2D eigenvalue weighted by molar-refractivity contribution is 6.28. The fraction of sp³-hybridized carbons (Fsp3) is 0.0769. The monoisotopic (exact) mass is 300 g/mol. The van der Waals surface area contributed by atoms with Crippen molar-refractivity contribution in [3.05, 3.63) is 64.1 Å². The van der Waals surface area contributed by atoms with Gasteiger partial charge in [0.05, 0.1) is 11.4 Å². The van der Waals surface area contributed by atoms with E-state index in [4.69, 9.17) is 11.6 Å². The third-order valence-corrected chi connectivity index (χ3v) is 3.47. The number of rotatable bonds is 2. The second kappa shape index (κ2) is 4.42. The molecule has 21 heavy (non-hydrogen) atoms. The van der Waals surface area contributed by atoms with Crippen LogP contribution in [-0.4, -0.2) is 28.7 Å². The Morgan fingerprint density at radius 1 is 1.19 bits per heavy atom. The summed E-state index contributed by atoms with van der Waals surface area (Å²) in [5, 5.41) is 0.349. The number of nitrogens with one attached hydrogen (secondary N) is 1. The predicted octanol–water partition coefficient (Wildman–Crippen LogP) is 1.31. The summed E-state index contributed by atoms with van der Waals surface area (Å²) in [6, 6.07) is 3.59. The van der Waals surface area contributed by atoms with Gasteiger partial charge in [0.1, 0.15) is 11.3 Å². The first-order valence-electron chi connectivity index (χ1n) is 6.25. The van der Waals surface area contributed by atoms with E-state index in [1.165, 1.54) is 4.40 Å². The molecule has 0 aliphatic rings. The lowest BCUT2D eigenvalue weighted by molar-refractivity contribution is 0.975. The Morgan fingerprint density at radius 3 is 2.95 bits per heavy atom. The van der Waals surface area contributed by atoms with Crippen LogP contribution in [-0.2, 0) is 6.42 Å². The second-order valence-corrected chi connectivity index (χ2v) is 4.93. The first-order valence-corrected chi connectivity index (χ1v) is 6.63. The molecular weight excluding hydrogens is 292 g/mol. The summed E-state index contributed by atoms with van der Waals surface area (Å²) in [7, 11) is 0. The molecule has 4 heterocycles. The Balaban J connectivity index is 1.78. The zero-order valence-electron chi connectivity index (χ0n) is 10.7. The molecule has 0 atom stereocenters. The van der Waals surface area contributed by atoms with E-state index in [9.17, 15) is 4.79 Å². The third-order valence-electron chi connectivity index (χ3n) is 3.20. The molecule has 0 saturated heterocycles. The lowest BCUT2D eigenvalue weighted by Gasteiger charge is -2.01. The summed E-state index contributed by atoms with van der Waals surface area (Å²) < 4.78 is 3.16. The van der Waals surface area contributed by atoms with Crippen molar-refractivity contribution >= 4 is 22.9 Å². The van der Waals surface area contributed by atoms with E-state index in [1.54, 1.807) is 35.3 Å². The summed E-state index contributed by atoms with van der Waals surface area (Å²) in [4.78, 5) is 27.2. The maximum absolute atomic E-state index is 11.7. The van der Waals surface area contributed by atoms with Gasteiger partial charge in [0.25, 0.3) is 0 Å². The number of fused-ring (bicyclic) bond motifs is 2. The SMILES string of the molecule is O=c1[nH]ccc2nc(Cc3cc4nccn4c(Cl)n3)cn12. The minimum atomic E-state index is -0.221. The zero-order chi connectivity index (χ0) is 14.4. The van der Waals surface area contributed by atoms with Crippen LogP contribution < -0.4 is 5.69 Å². The van der Waals surface area contributed by atoms with Gasteiger partial charge < -0.3 is 4.98 Å². The van der Waals surface area contributed by atoms with Crippen molar-refractivity contribution in [2.24, 2.45) is 0 Å². The average molecular weight is 301 g/mol. The maximum Gasteiger partial charge on any atom is 0.331 e. The van der Waals surface area contributed by atoms with Crippen molar-refractivity contribution in [2.75, 3.05) is 0 Å². The highest BCUT2D eigenvalue weighted by Gasteiger charge is 2.09. The summed E-state index contributed by atoms with van der Waals surface area (Å²) >= 11 is 6.10. The van der Waals surface area contributed by atoms with Crippen molar-refractivity contribution in [1.29, 1.82) is 0 Å². The van der Waals surface area contributed by atoms with Crippen LogP contribution in [0.4, 0.5) is 0 Å². The Hall–Kier alpha value is -2.67.